The maximum absolute atomic E-state index is 12.3. The van der Waals surface area contributed by atoms with Gasteiger partial charge >= 0.3 is 19.8 Å². The van der Waals surface area contributed by atoms with Gasteiger partial charge < -0.3 is 20.1 Å². The molecule has 37 heavy (non-hydrogen) atoms. The quantitative estimate of drug-likeness (QED) is 0.0546. The van der Waals surface area contributed by atoms with E-state index in [4.69, 9.17) is 24.3 Å². The Hall–Kier alpha value is -1.25. The zero-order chi connectivity index (χ0) is 27.6. The molecule has 218 valence electrons. The molecule has 0 aromatic rings. The molecule has 0 amide bonds. The summed E-state index contributed by atoms with van der Waals surface area (Å²) in [5, 5.41) is 0. The molecule has 9 nitrogen and oxygen atoms in total. The fraction of sp³-hybridized carbons (Fsp3) is 0.852. The fourth-order valence-corrected chi connectivity index (χ4v) is 4.27. The molecule has 10 heteroatoms. The van der Waals surface area contributed by atoms with Gasteiger partial charge in [0.2, 0.25) is 0 Å². The first kappa shape index (κ1) is 35.8. The van der Waals surface area contributed by atoms with Crippen LogP contribution in [-0.4, -0.2) is 49.3 Å². The Morgan fingerprint density at radius 1 is 0.784 bits per heavy atom. The minimum absolute atomic E-state index is 0.0533. The number of hydrogen-bond acceptors (Lipinski definition) is 8. The van der Waals surface area contributed by atoms with Gasteiger partial charge in [0, 0.05) is 19.4 Å². The fourth-order valence-electron chi connectivity index (χ4n) is 3.51. The summed E-state index contributed by atoms with van der Waals surface area (Å²) < 4.78 is 32.1. The van der Waals surface area contributed by atoms with Gasteiger partial charge in [0.1, 0.15) is 6.61 Å². The molecular weight excluding hydrogens is 497 g/mol. The van der Waals surface area contributed by atoms with Gasteiger partial charge in [0.15, 0.2) is 6.10 Å². The molecule has 0 radical (unpaired) electrons. The summed E-state index contributed by atoms with van der Waals surface area (Å²) in [5.41, 5.74) is 5.27. The molecule has 0 aliphatic heterocycles. The summed E-state index contributed by atoms with van der Waals surface area (Å²) in [6.07, 6.45) is 18.8. The van der Waals surface area contributed by atoms with Crippen molar-refractivity contribution in [3.63, 3.8) is 0 Å². The van der Waals surface area contributed by atoms with Crippen molar-refractivity contribution in [2.24, 2.45) is 5.73 Å². The van der Waals surface area contributed by atoms with E-state index in [-0.39, 0.29) is 32.6 Å². The summed E-state index contributed by atoms with van der Waals surface area (Å²) in [4.78, 5) is 34.0. The van der Waals surface area contributed by atoms with Gasteiger partial charge in [-0.15, -0.1) is 0 Å². The zero-order valence-electron chi connectivity index (χ0n) is 23.2. The number of esters is 2. The minimum Gasteiger partial charge on any atom is -0.462 e. The van der Waals surface area contributed by atoms with Crippen LogP contribution in [0.3, 0.4) is 0 Å². The average Bonchev–Trinajstić information content (AvgIpc) is 2.87. The van der Waals surface area contributed by atoms with Crippen LogP contribution in [0, 0.1) is 0 Å². The van der Waals surface area contributed by atoms with Gasteiger partial charge in [-0.3, -0.25) is 18.6 Å². The van der Waals surface area contributed by atoms with E-state index < -0.39 is 32.5 Å². The van der Waals surface area contributed by atoms with Crippen LogP contribution in [0.2, 0.25) is 0 Å². The Morgan fingerprint density at radius 3 is 1.97 bits per heavy atom. The standard InChI is InChI=1S/C27H52NO8P/c1-3-5-7-9-10-11-12-13-14-15-16-18-20-27(30)36-25(24-35-37(31,32)34-22-21-28)23-33-26(29)19-17-8-6-4-2/h10-11,25H,3-9,12-24,28H2,1-2H3,(H,31,32)/b11-10-. The van der Waals surface area contributed by atoms with Crippen molar-refractivity contribution < 1.29 is 37.6 Å². The molecule has 3 N–H and O–H groups in total. The normalized spacial score (nSPS) is 13.9. The Balaban J connectivity index is 4.31. The zero-order valence-corrected chi connectivity index (χ0v) is 24.1. The summed E-state index contributed by atoms with van der Waals surface area (Å²) in [6.45, 7) is 3.52. The maximum Gasteiger partial charge on any atom is 0.472 e. The predicted molar refractivity (Wildman–Crippen MR) is 146 cm³/mol. The number of rotatable bonds is 26. The number of hydrogen-bond donors (Lipinski definition) is 2. The van der Waals surface area contributed by atoms with Gasteiger partial charge in [-0.25, -0.2) is 4.57 Å². The van der Waals surface area contributed by atoms with Gasteiger partial charge in [-0.2, -0.15) is 0 Å². The van der Waals surface area contributed by atoms with Crippen LogP contribution in [-0.2, 0) is 32.7 Å². The number of allylic oxidation sites excluding steroid dienone is 2. The number of unbranched alkanes of at least 4 members (excludes halogenated alkanes) is 11. The lowest BCUT2D eigenvalue weighted by atomic mass is 10.1. The number of phosphoric acid groups is 1. The van der Waals surface area contributed by atoms with Crippen LogP contribution in [0.25, 0.3) is 0 Å². The Morgan fingerprint density at radius 2 is 1.32 bits per heavy atom. The van der Waals surface area contributed by atoms with Gasteiger partial charge in [-0.05, 0) is 38.5 Å². The topological polar surface area (TPSA) is 134 Å². The van der Waals surface area contributed by atoms with E-state index >= 15 is 0 Å². The highest BCUT2D eigenvalue weighted by Gasteiger charge is 2.25. The Kier molecular flexibility index (Phi) is 24.2. The first-order chi connectivity index (χ1) is 17.8. The van der Waals surface area contributed by atoms with E-state index in [0.29, 0.717) is 6.42 Å². The lowest BCUT2D eigenvalue weighted by Gasteiger charge is -2.19. The molecule has 0 fully saturated rings. The van der Waals surface area contributed by atoms with Gasteiger partial charge in [0.05, 0.1) is 13.2 Å². The van der Waals surface area contributed by atoms with Crippen molar-refractivity contribution in [1.29, 1.82) is 0 Å². The van der Waals surface area contributed by atoms with E-state index in [9.17, 15) is 19.0 Å². The van der Waals surface area contributed by atoms with E-state index in [1.165, 1.54) is 19.3 Å². The number of nitrogens with two attached hydrogens (primary N) is 1. The van der Waals surface area contributed by atoms with Crippen molar-refractivity contribution >= 4 is 19.8 Å². The smallest absolute Gasteiger partial charge is 0.462 e. The van der Waals surface area contributed by atoms with E-state index in [0.717, 1.165) is 64.2 Å². The average molecular weight is 550 g/mol. The predicted octanol–water partition coefficient (Wildman–Crippen LogP) is 6.37. The van der Waals surface area contributed by atoms with Crippen molar-refractivity contribution in [2.45, 2.75) is 123 Å². The number of phosphoric ester groups is 1. The second kappa shape index (κ2) is 25.1. The maximum atomic E-state index is 12.3. The van der Waals surface area contributed by atoms with Crippen molar-refractivity contribution in [1.82, 2.24) is 0 Å². The first-order valence-corrected chi connectivity index (χ1v) is 15.7. The minimum atomic E-state index is -4.35. The van der Waals surface area contributed by atoms with Crippen molar-refractivity contribution in [3.05, 3.63) is 12.2 Å². The highest BCUT2D eigenvalue weighted by molar-refractivity contribution is 7.47. The highest BCUT2D eigenvalue weighted by atomic mass is 31.2. The molecule has 2 atom stereocenters. The lowest BCUT2D eigenvalue weighted by molar-refractivity contribution is -0.161. The Labute approximate surface area is 224 Å². The third kappa shape index (κ3) is 24.8. The van der Waals surface area contributed by atoms with Crippen LogP contribution < -0.4 is 5.73 Å². The van der Waals surface area contributed by atoms with Crippen molar-refractivity contribution in [2.75, 3.05) is 26.4 Å². The van der Waals surface area contributed by atoms with E-state index in [1.807, 2.05) is 0 Å². The Bertz CT molecular complexity index is 644. The van der Waals surface area contributed by atoms with Crippen LogP contribution >= 0.6 is 7.82 Å². The molecule has 0 saturated carbocycles. The van der Waals surface area contributed by atoms with Gasteiger partial charge in [-0.1, -0.05) is 77.4 Å². The monoisotopic (exact) mass is 549 g/mol. The molecule has 0 spiro atoms. The van der Waals surface area contributed by atoms with Gasteiger partial charge in [0.25, 0.3) is 0 Å². The van der Waals surface area contributed by atoms with E-state index in [1.54, 1.807) is 0 Å². The molecule has 0 saturated heterocycles. The second-order valence-electron chi connectivity index (χ2n) is 9.27. The first-order valence-electron chi connectivity index (χ1n) is 14.2. The summed E-state index contributed by atoms with van der Waals surface area (Å²) in [7, 11) is -4.35. The van der Waals surface area contributed by atoms with Crippen LogP contribution in [0.1, 0.15) is 117 Å². The number of carbonyl (C=O) groups is 2. The molecule has 0 aliphatic carbocycles. The van der Waals surface area contributed by atoms with Crippen molar-refractivity contribution in [3.8, 4) is 0 Å². The third-order valence-electron chi connectivity index (χ3n) is 5.65. The second-order valence-corrected chi connectivity index (χ2v) is 10.7. The largest absolute Gasteiger partial charge is 0.472 e. The molecule has 0 aliphatic rings. The molecular formula is C27H52NO8P. The molecule has 0 rings (SSSR count). The third-order valence-corrected chi connectivity index (χ3v) is 6.64. The van der Waals surface area contributed by atoms with Crippen LogP contribution in [0.4, 0.5) is 0 Å². The molecule has 0 bridgehead atoms. The van der Waals surface area contributed by atoms with Crippen LogP contribution in [0.15, 0.2) is 12.2 Å². The number of ether oxygens (including phenoxy) is 2. The molecule has 2 unspecified atom stereocenters. The molecule has 0 aromatic carbocycles. The summed E-state index contributed by atoms with van der Waals surface area (Å²) >= 11 is 0. The summed E-state index contributed by atoms with van der Waals surface area (Å²) in [5.74, 6) is -0.863. The molecule has 0 heterocycles. The van der Waals surface area contributed by atoms with E-state index in [2.05, 4.69) is 26.0 Å². The lowest BCUT2D eigenvalue weighted by Crippen LogP contribution is -2.29. The van der Waals surface area contributed by atoms with Crippen LogP contribution in [0.5, 0.6) is 0 Å². The SMILES string of the molecule is CCCCC/C=C\CCCCCCCC(=O)OC(COC(=O)CCCCCC)COP(=O)(O)OCCN. The number of carbonyl (C=O) groups excluding carboxylic acids is 2. The molecule has 0 aromatic heterocycles. The summed E-state index contributed by atoms with van der Waals surface area (Å²) in [6, 6.07) is 0. The highest BCUT2D eigenvalue weighted by Crippen LogP contribution is 2.43.